The van der Waals surface area contributed by atoms with Crippen molar-refractivity contribution in [3.8, 4) is 5.69 Å². The monoisotopic (exact) mass is 361 g/mol. The molecule has 0 radical (unpaired) electrons. The Hall–Kier alpha value is -1.40. The van der Waals surface area contributed by atoms with Gasteiger partial charge in [0, 0.05) is 18.4 Å². The van der Waals surface area contributed by atoms with E-state index >= 15 is 0 Å². The fourth-order valence-corrected chi connectivity index (χ4v) is 4.68. The number of aromatic nitrogens is 2. The molecule has 1 saturated heterocycles. The minimum atomic E-state index is 0.104. The molecule has 1 aliphatic rings. The van der Waals surface area contributed by atoms with Crippen LogP contribution >= 0.6 is 23.5 Å². The number of hydrogen-bond donors (Lipinski definition) is 1. The van der Waals surface area contributed by atoms with E-state index in [1.54, 1.807) is 6.20 Å². The highest BCUT2D eigenvalue weighted by molar-refractivity contribution is 7.99. The average Bonchev–Trinajstić information content (AvgIpc) is 3.04. The molecule has 1 aliphatic heterocycles. The molecule has 1 amide bonds. The van der Waals surface area contributed by atoms with Crippen LogP contribution in [0.2, 0.25) is 0 Å². The molecule has 0 aliphatic carbocycles. The summed E-state index contributed by atoms with van der Waals surface area (Å²) in [6, 6.07) is 6.73. The van der Waals surface area contributed by atoms with Crippen LogP contribution in [-0.2, 0) is 4.79 Å². The van der Waals surface area contributed by atoms with Gasteiger partial charge in [-0.3, -0.25) is 9.36 Å². The van der Waals surface area contributed by atoms with E-state index in [0.29, 0.717) is 11.8 Å². The van der Waals surface area contributed by atoms with Gasteiger partial charge in [-0.15, -0.1) is 0 Å². The van der Waals surface area contributed by atoms with Gasteiger partial charge in [0.1, 0.15) is 0 Å². The fraction of sp³-hybridized carbons (Fsp3) is 0.444. The molecule has 3 rings (SSSR count). The van der Waals surface area contributed by atoms with Gasteiger partial charge in [-0.25, -0.2) is 4.98 Å². The molecule has 1 aromatic carbocycles. The number of amides is 1. The Morgan fingerprint density at radius 1 is 1.38 bits per heavy atom. The summed E-state index contributed by atoms with van der Waals surface area (Å²) in [6.07, 6.45) is 5.91. The maximum atomic E-state index is 12.2. The molecule has 1 N–H and O–H groups in total. The standard InChI is InChI=1S/C18H23N3OS2/c1-13-3-4-14(2)16(11-13)21-8-7-19-18(21)24-12-17(22)20-15-5-9-23-10-6-15/h3-4,7-8,11,15H,5-6,9-10,12H2,1-2H3,(H,20,22). The number of imidazole rings is 1. The van der Waals surface area contributed by atoms with Crippen molar-refractivity contribution in [3.63, 3.8) is 0 Å². The molecule has 128 valence electrons. The van der Waals surface area contributed by atoms with Crippen LogP contribution in [0.3, 0.4) is 0 Å². The maximum absolute atomic E-state index is 12.2. The summed E-state index contributed by atoms with van der Waals surface area (Å²) < 4.78 is 2.07. The minimum absolute atomic E-state index is 0.104. The molecule has 2 aromatic rings. The molecular weight excluding hydrogens is 338 g/mol. The number of nitrogens with one attached hydrogen (secondary N) is 1. The third-order valence-electron chi connectivity index (χ3n) is 4.15. The van der Waals surface area contributed by atoms with Crippen LogP contribution in [0, 0.1) is 13.8 Å². The second-order valence-electron chi connectivity index (χ2n) is 6.11. The smallest absolute Gasteiger partial charge is 0.230 e. The fourth-order valence-electron chi connectivity index (χ4n) is 2.80. The molecule has 1 aromatic heterocycles. The average molecular weight is 362 g/mol. The van der Waals surface area contributed by atoms with Crippen LogP contribution in [0.25, 0.3) is 5.69 Å². The van der Waals surface area contributed by atoms with Crippen molar-refractivity contribution in [1.29, 1.82) is 0 Å². The van der Waals surface area contributed by atoms with Gasteiger partial charge < -0.3 is 5.32 Å². The number of aryl methyl sites for hydroxylation is 2. The molecule has 1 fully saturated rings. The van der Waals surface area contributed by atoms with Crippen molar-refractivity contribution in [2.45, 2.75) is 37.9 Å². The normalized spacial score (nSPS) is 15.4. The van der Waals surface area contributed by atoms with E-state index in [0.717, 1.165) is 35.2 Å². The van der Waals surface area contributed by atoms with Crippen molar-refractivity contribution in [2.75, 3.05) is 17.3 Å². The number of nitrogens with zero attached hydrogens (tertiary/aromatic N) is 2. The van der Waals surface area contributed by atoms with Crippen molar-refractivity contribution in [2.24, 2.45) is 0 Å². The highest BCUT2D eigenvalue weighted by atomic mass is 32.2. The van der Waals surface area contributed by atoms with E-state index in [-0.39, 0.29) is 5.91 Å². The predicted octanol–water partition coefficient (Wildman–Crippen LogP) is 3.59. The Kier molecular flexibility index (Phi) is 5.89. The number of benzene rings is 1. The Morgan fingerprint density at radius 3 is 2.96 bits per heavy atom. The second-order valence-corrected chi connectivity index (χ2v) is 8.28. The van der Waals surface area contributed by atoms with E-state index < -0.39 is 0 Å². The van der Waals surface area contributed by atoms with Gasteiger partial charge in [-0.1, -0.05) is 23.9 Å². The Labute approximate surface area is 151 Å². The molecule has 24 heavy (non-hydrogen) atoms. The molecule has 0 spiro atoms. The van der Waals surface area contributed by atoms with Crippen LogP contribution < -0.4 is 5.32 Å². The van der Waals surface area contributed by atoms with Crippen LogP contribution in [0.15, 0.2) is 35.7 Å². The zero-order valence-corrected chi connectivity index (χ0v) is 15.8. The zero-order chi connectivity index (χ0) is 16.9. The largest absolute Gasteiger partial charge is 0.353 e. The molecule has 2 heterocycles. The lowest BCUT2D eigenvalue weighted by molar-refractivity contribution is -0.119. The first kappa shape index (κ1) is 17.4. The summed E-state index contributed by atoms with van der Waals surface area (Å²) in [5.74, 6) is 2.81. The highest BCUT2D eigenvalue weighted by Crippen LogP contribution is 2.24. The minimum Gasteiger partial charge on any atom is -0.353 e. The first-order valence-electron chi connectivity index (χ1n) is 8.24. The van der Waals surface area contributed by atoms with E-state index in [4.69, 9.17) is 0 Å². The van der Waals surface area contributed by atoms with Crippen molar-refractivity contribution in [3.05, 3.63) is 41.7 Å². The number of rotatable bonds is 5. The molecular formula is C18H23N3OS2. The van der Waals surface area contributed by atoms with Crippen LogP contribution in [0.1, 0.15) is 24.0 Å². The number of thioether (sulfide) groups is 2. The van der Waals surface area contributed by atoms with Gasteiger partial charge in [0.2, 0.25) is 5.91 Å². The second kappa shape index (κ2) is 8.12. The third kappa shape index (κ3) is 4.36. The van der Waals surface area contributed by atoms with Gasteiger partial charge in [0.15, 0.2) is 5.16 Å². The van der Waals surface area contributed by atoms with E-state index in [1.165, 1.54) is 22.9 Å². The van der Waals surface area contributed by atoms with Crippen LogP contribution in [0.4, 0.5) is 0 Å². The predicted molar refractivity (Wildman–Crippen MR) is 102 cm³/mol. The number of carbonyl (C=O) groups is 1. The SMILES string of the molecule is Cc1ccc(C)c(-n2ccnc2SCC(=O)NC2CCSCC2)c1. The first-order valence-corrected chi connectivity index (χ1v) is 10.4. The van der Waals surface area contributed by atoms with E-state index in [1.807, 2.05) is 18.0 Å². The van der Waals surface area contributed by atoms with Crippen LogP contribution in [0.5, 0.6) is 0 Å². The van der Waals surface area contributed by atoms with Gasteiger partial charge in [0.05, 0.1) is 11.4 Å². The topological polar surface area (TPSA) is 46.9 Å². The molecule has 0 bridgehead atoms. The molecule has 6 heteroatoms. The lowest BCUT2D eigenvalue weighted by atomic mass is 10.1. The van der Waals surface area contributed by atoms with Crippen molar-refractivity contribution in [1.82, 2.24) is 14.9 Å². The summed E-state index contributed by atoms with van der Waals surface area (Å²) in [5, 5.41) is 4.01. The first-order chi connectivity index (χ1) is 11.6. The van der Waals surface area contributed by atoms with Gasteiger partial charge >= 0.3 is 0 Å². The summed E-state index contributed by atoms with van der Waals surface area (Å²) in [5.41, 5.74) is 3.54. The molecule has 0 saturated carbocycles. The summed E-state index contributed by atoms with van der Waals surface area (Å²) >= 11 is 3.46. The van der Waals surface area contributed by atoms with Crippen molar-refractivity contribution < 1.29 is 4.79 Å². The van der Waals surface area contributed by atoms with Gasteiger partial charge in [-0.2, -0.15) is 11.8 Å². The lowest BCUT2D eigenvalue weighted by Crippen LogP contribution is -2.38. The van der Waals surface area contributed by atoms with Gasteiger partial charge in [-0.05, 0) is 55.4 Å². The Bertz CT molecular complexity index is 708. The molecule has 0 unspecified atom stereocenters. The van der Waals surface area contributed by atoms with Crippen LogP contribution in [-0.4, -0.2) is 38.8 Å². The molecule has 4 nitrogen and oxygen atoms in total. The number of carbonyl (C=O) groups excluding carboxylic acids is 1. The summed E-state index contributed by atoms with van der Waals surface area (Å²) in [4.78, 5) is 16.6. The third-order valence-corrected chi connectivity index (χ3v) is 6.17. The van der Waals surface area contributed by atoms with E-state index in [9.17, 15) is 4.79 Å². The van der Waals surface area contributed by atoms with E-state index in [2.05, 4.69) is 46.9 Å². The van der Waals surface area contributed by atoms with Crippen molar-refractivity contribution >= 4 is 29.4 Å². The lowest BCUT2D eigenvalue weighted by Gasteiger charge is -2.22. The quantitative estimate of drug-likeness (QED) is 0.827. The summed E-state index contributed by atoms with van der Waals surface area (Å²) in [6.45, 7) is 4.18. The maximum Gasteiger partial charge on any atom is 0.230 e. The highest BCUT2D eigenvalue weighted by Gasteiger charge is 2.17. The van der Waals surface area contributed by atoms with Gasteiger partial charge in [0.25, 0.3) is 0 Å². The summed E-state index contributed by atoms with van der Waals surface area (Å²) in [7, 11) is 0. The number of hydrogen-bond acceptors (Lipinski definition) is 4. The Balaban J connectivity index is 1.63. The molecule has 0 atom stereocenters. The zero-order valence-electron chi connectivity index (χ0n) is 14.1. The Morgan fingerprint density at radius 2 is 2.17 bits per heavy atom.